The Hall–Kier alpha value is -2.42. The van der Waals surface area contributed by atoms with Crippen molar-refractivity contribution in [3.05, 3.63) is 70.8 Å². The molecule has 0 fully saturated rings. The zero-order valence-electron chi connectivity index (χ0n) is 13.0. The standard InChI is InChI=1S/C19H20O3/c1-3-22-19(21)17-11-9-16(10-12-17)18(20)13-8-15-6-4-14(2)5-7-15/h4-7,9-12H,3,8,13H2,1-2H3. The Morgan fingerprint density at radius 2 is 1.50 bits per heavy atom. The largest absolute Gasteiger partial charge is 0.462 e. The Morgan fingerprint density at radius 1 is 0.909 bits per heavy atom. The Morgan fingerprint density at radius 3 is 2.09 bits per heavy atom. The molecule has 0 spiro atoms. The monoisotopic (exact) mass is 296 g/mol. The van der Waals surface area contributed by atoms with E-state index in [4.69, 9.17) is 4.74 Å². The van der Waals surface area contributed by atoms with Crippen molar-refractivity contribution in [3.8, 4) is 0 Å². The molecule has 0 bridgehead atoms. The molecule has 0 unspecified atom stereocenters. The normalized spacial score (nSPS) is 10.3. The fraction of sp³-hybridized carbons (Fsp3) is 0.263. The first-order valence-corrected chi connectivity index (χ1v) is 7.46. The van der Waals surface area contributed by atoms with Crippen molar-refractivity contribution in [2.24, 2.45) is 0 Å². The van der Waals surface area contributed by atoms with Crippen LogP contribution >= 0.6 is 0 Å². The fourth-order valence-electron chi connectivity index (χ4n) is 2.16. The molecule has 0 aromatic heterocycles. The number of esters is 1. The summed E-state index contributed by atoms with van der Waals surface area (Å²) in [5, 5.41) is 0. The third-order valence-corrected chi connectivity index (χ3v) is 3.48. The highest BCUT2D eigenvalue weighted by Gasteiger charge is 2.09. The molecule has 2 aromatic rings. The summed E-state index contributed by atoms with van der Waals surface area (Å²) in [7, 11) is 0. The van der Waals surface area contributed by atoms with Gasteiger partial charge in [-0.25, -0.2) is 4.79 Å². The van der Waals surface area contributed by atoms with E-state index in [1.54, 1.807) is 31.2 Å². The Balaban J connectivity index is 1.95. The molecule has 0 amide bonds. The van der Waals surface area contributed by atoms with Gasteiger partial charge >= 0.3 is 5.97 Å². The van der Waals surface area contributed by atoms with E-state index in [1.165, 1.54) is 5.56 Å². The molecule has 22 heavy (non-hydrogen) atoms. The van der Waals surface area contributed by atoms with Gasteiger partial charge in [-0.3, -0.25) is 4.79 Å². The van der Waals surface area contributed by atoms with E-state index in [-0.39, 0.29) is 11.8 Å². The highest BCUT2D eigenvalue weighted by Crippen LogP contribution is 2.11. The molecule has 0 atom stereocenters. The average molecular weight is 296 g/mol. The summed E-state index contributed by atoms with van der Waals surface area (Å²) in [5.74, 6) is -0.280. The van der Waals surface area contributed by atoms with Gasteiger partial charge in [-0.15, -0.1) is 0 Å². The number of hydrogen-bond donors (Lipinski definition) is 0. The highest BCUT2D eigenvalue weighted by atomic mass is 16.5. The summed E-state index contributed by atoms with van der Waals surface area (Å²) in [6.07, 6.45) is 1.18. The molecule has 3 nitrogen and oxygen atoms in total. The highest BCUT2D eigenvalue weighted by molar-refractivity contribution is 5.97. The van der Waals surface area contributed by atoms with Crippen LogP contribution in [0.1, 0.15) is 45.2 Å². The van der Waals surface area contributed by atoms with Crippen molar-refractivity contribution in [2.45, 2.75) is 26.7 Å². The molecule has 0 saturated carbocycles. The van der Waals surface area contributed by atoms with Gasteiger partial charge in [-0.05, 0) is 38.0 Å². The summed E-state index contributed by atoms with van der Waals surface area (Å²) >= 11 is 0. The summed E-state index contributed by atoms with van der Waals surface area (Å²) in [6.45, 7) is 4.15. The Labute approximate surface area is 130 Å². The van der Waals surface area contributed by atoms with Gasteiger partial charge in [0.05, 0.1) is 12.2 Å². The molecule has 0 radical (unpaired) electrons. The molecule has 0 aliphatic heterocycles. The average Bonchev–Trinajstić information content (AvgIpc) is 2.54. The third-order valence-electron chi connectivity index (χ3n) is 3.48. The predicted molar refractivity (Wildman–Crippen MR) is 86.2 cm³/mol. The van der Waals surface area contributed by atoms with Gasteiger partial charge < -0.3 is 4.74 Å². The molecule has 2 rings (SSSR count). The lowest BCUT2D eigenvalue weighted by molar-refractivity contribution is 0.0526. The van der Waals surface area contributed by atoms with Crippen LogP contribution in [0.5, 0.6) is 0 Å². The van der Waals surface area contributed by atoms with Gasteiger partial charge in [0.15, 0.2) is 5.78 Å². The maximum Gasteiger partial charge on any atom is 0.338 e. The summed E-state index contributed by atoms with van der Waals surface area (Å²) in [5.41, 5.74) is 3.46. The molecule has 0 aliphatic carbocycles. The van der Waals surface area contributed by atoms with Crippen LogP contribution in [0.3, 0.4) is 0 Å². The first kappa shape index (κ1) is 16.0. The van der Waals surface area contributed by atoms with Gasteiger partial charge in [0, 0.05) is 12.0 Å². The molecule has 0 saturated heterocycles. The van der Waals surface area contributed by atoms with Gasteiger partial charge in [0.1, 0.15) is 0 Å². The number of ether oxygens (including phenoxy) is 1. The summed E-state index contributed by atoms with van der Waals surface area (Å²) < 4.78 is 4.92. The number of rotatable bonds is 6. The number of aryl methyl sites for hydroxylation is 2. The van der Waals surface area contributed by atoms with E-state index in [9.17, 15) is 9.59 Å². The van der Waals surface area contributed by atoms with Crippen molar-refractivity contribution in [2.75, 3.05) is 6.61 Å². The lowest BCUT2D eigenvalue weighted by Gasteiger charge is -2.04. The van der Waals surface area contributed by atoms with Crippen LogP contribution in [0, 0.1) is 6.92 Å². The van der Waals surface area contributed by atoms with Crippen molar-refractivity contribution in [1.82, 2.24) is 0 Å². The number of carbonyl (C=O) groups excluding carboxylic acids is 2. The summed E-state index contributed by atoms with van der Waals surface area (Å²) in [6, 6.07) is 14.8. The second-order valence-corrected chi connectivity index (χ2v) is 5.21. The van der Waals surface area contributed by atoms with E-state index in [0.717, 1.165) is 12.0 Å². The lowest BCUT2D eigenvalue weighted by Crippen LogP contribution is -2.06. The van der Waals surface area contributed by atoms with E-state index in [1.807, 2.05) is 31.2 Å². The van der Waals surface area contributed by atoms with E-state index in [0.29, 0.717) is 24.2 Å². The van der Waals surface area contributed by atoms with Gasteiger partial charge in [-0.1, -0.05) is 42.0 Å². The minimum atomic E-state index is -0.360. The number of benzene rings is 2. The molecular formula is C19H20O3. The van der Waals surface area contributed by atoms with Crippen LogP contribution in [0.15, 0.2) is 48.5 Å². The molecule has 114 valence electrons. The fourth-order valence-corrected chi connectivity index (χ4v) is 2.16. The van der Waals surface area contributed by atoms with Crippen LogP contribution in [-0.2, 0) is 11.2 Å². The SMILES string of the molecule is CCOC(=O)c1ccc(C(=O)CCc2ccc(C)cc2)cc1. The molecule has 0 N–H and O–H groups in total. The maximum absolute atomic E-state index is 12.2. The van der Waals surface area contributed by atoms with E-state index >= 15 is 0 Å². The lowest BCUT2D eigenvalue weighted by atomic mass is 10.0. The Kier molecular flexibility index (Phi) is 5.48. The van der Waals surface area contributed by atoms with Crippen molar-refractivity contribution in [1.29, 1.82) is 0 Å². The smallest absolute Gasteiger partial charge is 0.338 e. The van der Waals surface area contributed by atoms with Crippen molar-refractivity contribution in [3.63, 3.8) is 0 Å². The van der Waals surface area contributed by atoms with Gasteiger partial charge in [0.2, 0.25) is 0 Å². The topological polar surface area (TPSA) is 43.4 Å². The van der Waals surface area contributed by atoms with Crippen LogP contribution in [-0.4, -0.2) is 18.4 Å². The second kappa shape index (κ2) is 7.55. The van der Waals surface area contributed by atoms with Crippen LogP contribution in [0.25, 0.3) is 0 Å². The van der Waals surface area contributed by atoms with Crippen LogP contribution in [0.4, 0.5) is 0 Å². The molecular weight excluding hydrogens is 276 g/mol. The minimum Gasteiger partial charge on any atom is -0.462 e. The summed E-state index contributed by atoms with van der Waals surface area (Å²) in [4.78, 5) is 23.7. The Bertz CT molecular complexity index is 639. The first-order valence-electron chi connectivity index (χ1n) is 7.46. The number of ketones is 1. The molecule has 2 aromatic carbocycles. The van der Waals surface area contributed by atoms with Crippen molar-refractivity contribution >= 4 is 11.8 Å². The minimum absolute atomic E-state index is 0.0796. The molecule has 3 heteroatoms. The first-order chi connectivity index (χ1) is 10.6. The zero-order chi connectivity index (χ0) is 15.9. The van der Waals surface area contributed by atoms with Crippen molar-refractivity contribution < 1.29 is 14.3 Å². The molecule has 0 heterocycles. The predicted octanol–water partition coefficient (Wildman–Crippen LogP) is 3.99. The third kappa shape index (κ3) is 4.29. The number of carbonyl (C=O) groups is 2. The van der Waals surface area contributed by atoms with E-state index < -0.39 is 0 Å². The van der Waals surface area contributed by atoms with Crippen LogP contribution in [0.2, 0.25) is 0 Å². The van der Waals surface area contributed by atoms with Gasteiger partial charge in [-0.2, -0.15) is 0 Å². The number of hydrogen-bond acceptors (Lipinski definition) is 3. The maximum atomic E-state index is 12.2. The van der Waals surface area contributed by atoms with Gasteiger partial charge in [0.25, 0.3) is 0 Å². The quantitative estimate of drug-likeness (QED) is 0.598. The number of Topliss-reactive ketones (excluding diaryl/α,β-unsaturated/α-hetero) is 1. The second-order valence-electron chi connectivity index (χ2n) is 5.21. The molecule has 0 aliphatic rings. The van der Waals surface area contributed by atoms with Crippen LogP contribution < -0.4 is 0 Å². The zero-order valence-corrected chi connectivity index (χ0v) is 13.0. The van der Waals surface area contributed by atoms with E-state index in [2.05, 4.69) is 0 Å².